The zero-order valence-corrected chi connectivity index (χ0v) is 12.9. The number of rotatable bonds is 6. The zero-order valence-electron chi connectivity index (χ0n) is 12.9. The Kier molecular flexibility index (Phi) is 4.96. The van der Waals surface area contributed by atoms with Crippen molar-refractivity contribution in [2.24, 2.45) is 0 Å². The lowest BCUT2D eigenvalue weighted by molar-refractivity contribution is -0.133. The fourth-order valence-corrected chi connectivity index (χ4v) is 2.68. The first kappa shape index (κ1) is 15.9. The first-order valence-corrected chi connectivity index (χ1v) is 7.35. The Balaban J connectivity index is 2.28. The predicted octanol–water partition coefficient (Wildman–Crippen LogP) is 2.46. The van der Waals surface area contributed by atoms with E-state index in [1.807, 2.05) is 13.8 Å². The minimum absolute atomic E-state index is 0.0226. The van der Waals surface area contributed by atoms with Gasteiger partial charge >= 0.3 is 0 Å². The van der Waals surface area contributed by atoms with Gasteiger partial charge in [0.05, 0.1) is 5.54 Å². The van der Waals surface area contributed by atoms with Crippen LogP contribution in [0.5, 0.6) is 0 Å². The molecule has 2 atom stereocenters. The molecule has 1 heterocycles. The fraction of sp³-hybridized carbons (Fsp3) is 0.562. The van der Waals surface area contributed by atoms with Crippen LogP contribution in [-0.4, -0.2) is 36.6 Å². The van der Waals surface area contributed by atoms with Crippen LogP contribution >= 0.6 is 0 Å². The monoisotopic (exact) mass is 294 g/mol. The van der Waals surface area contributed by atoms with E-state index in [0.717, 1.165) is 6.42 Å². The Labute approximate surface area is 125 Å². The van der Waals surface area contributed by atoms with Crippen molar-refractivity contribution in [2.75, 3.05) is 20.3 Å². The number of ether oxygens (including phenoxy) is 1. The van der Waals surface area contributed by atoms with Gasteiger partial charge in [0.25, 0.3) is 0 Å². The van der Waals surface area contributed by atoms with Crippen LogP contribution in [0.15, 0.2) is 24.3 Å². The maximum absolute atomic E-state index is 14.1. The van der Waals surface area contributed by atoms with Crippen LogP contribution in [0.25, 0.3) is 0 Å². The molecule has 116 valence electrons. The number of amides is 1. The lowest BCUT2D eigenvalue weighted by atomic mass is 9.99. The summed E-state index contributed by atoms with van der Waals surface area (Å²) in [6.07, 6.45) is 0.979. The van der Waals surface area contributed by atoms with Crippen molar-refractivity contribution in [1.82, 2.24) is 10.2 Å². The van der Waals surface area contributed by atoms with Gasteiger partial charge in [-0.05, 0) is 25.8 Å². The summed E-state index contributed by atoms with van der Waals surface area (Å²) in [6, 6.07) is 6.60. The molecule has 0 spiro atoms. The third-order valence-electron chi connectivity index (χ3n) is 4.15. The number of nitrogens with one attached hydrogen (secondary N) is 1. The molecule has 1 aromatic carbocycles. The van der Waals surface area contributed by atoms with Gasteiger partial charge in [0.2, 0.25) is 5.91 Å². The minimum Gasteiger partial charge on any atom is -0.385 e. The largest absolute Gasteiger partial charge is 0.385 e. The Bertz CT molecular complexity index is 509. The van der Waals surface area contributed by atoms with Crippen LogP contribution in [-0.2, 0) is 9.53 Å². The highest BCUT2D eigenvalue weighted by molar-refractivity contribution is 5.88. The van der Waals surface area contributed by atoms with Gasteiger partial charge in [-0.15, -0.1) is 0 Å². The van der Waals surface area contributed by atoms with Gasteiger partial charge in [-0.1, -0.05) is 25.1 Å². The number of hydrogen-bond donors (Lipinski definition) is 1. The number of benzene rings is 1. The molecule has 2 rings (SSSR count). The number of carbonyl (C=O) groups is 1. The average Bonchev–Trinajstić information content (AvgIpc) is 2.73. The van der Waals surface area contributed by atoms with E-state index in [4.69, 9.17) is 4.74 Å². The van der Waals surface area contributed by atoms with Crippen LogP contribution in [0.1, 0.15) is 38.4 Å². The molecule has 5 heteroatoms. The van der Waals surface area contributed by atoms with Gasteiger partial charge in [0.15, 0.2) is 0 Å². The maximum Gasteiger partial charge on any atom is 0.244 e. The van der Waals surface area contributed by atoms with Crippen molar-refractivity contribution in [1.29, 1.82) is 0 Å². The molecular formula is C16H23FN2O2. The quantitative estimate of drug-likeness (QED) is 0.820. The van der Waals surface area contributed by atoms with E-state index in [1.54, 1.807) is 30.2 Å². The molecule has 0 aromatic heterocycles. The average molecular weight is 294 g/mol. The molecule has 1 saturated heterocycles. The SMILES string of the molecule is CCC1(C)NC(c2ccccc2F)N(CCCOC)C1=O. The summed E-state index contributed by atoms with van der Waals surface area (Å²) in [4.78, 5) is 14.4. The first-order valence-electron chi connectivity index (χ1n) is 7.35. The number of nitrogens with zero attached hydrogens (tertiary/aromatic N) is 1. The van der Waals surface area contributed by atoms with Crippen molar-refractivity contribution in [3.05, 3.63) is 35.6 Å². The van der Waals surface area contributed by atoms with E-state index in [1.165, 1.54) is 6.07 Å². The molecule has 1 N–H and O–H groups in total. The number of halogens is 1. The normalized spacial score (nSPS) is 25.6. The molecule has 0 aliphatic carbocycles. The smallest absolute Gasteiger partial charge is 0.244 e. The molecular weight excluding hydrogens is 271 g/mol. The summed E-state index contributed by atoms with van der Waals surface area (Å²) in [5.74, 6) is -0.269. The summed E-state index contributed by atoms with van der Waals surface area (Å²) in [7, 11) is 1.63. The second kappa shape index (κ2) is 6.54. The summed E-state index contributed by atoms with van der Waals surface area (Å²) >= 11 is 0. The minimum atomic E-state index is -0.639. The van der Waals surface area contributed by atoms with Crippen LogP contribution in [0.3, 0.4) is 0 Å². The number of hydrogen-bond acceptors (Lipinski definition) is 3. The molecule has 1 aliphatic rings. The van der Waals surface area contributed by atoms with Crippen molar-refractivity contribution < 1.29 is 13.9 Å². The Hall–Kier alpha value is -1.46. The summed E-state index contributed by atoms with van der Waals surface area (Å²) in [6.45, 7) is 4.96. The molecule has 1 amide bonds. The molecule has 1 aromatic rings. The van der Waals surface area contributed by atoms with Crippen molar-refractivity contribution >= 4 is 5.91 Å². The lowest BCUT2D eigenvalue weighted by Gasteiger charge is -2.24. The van der Waals surface area contributed by atoms with Gasteiger partial charge in [-0.2, -0.15) is 0 Å². The topological polar surface area (TPSA) is 41.6 Å². The van der Waals surface area contributed by atoms with E-state index in [-0.39, 0.29) is 11.7 Å². The third-order valence-corrected chi connectivity index (χ3v) is 4.15. The molecule has 4 nitrogen and oxygen atoms in total. The van der Waals surface area contributed by atoms with Gasteiger partial charge in [-0.3, -0.25) is 10.1 Å². The summed E-state index contributed by atoms with van der Waals surface area (Å²) in [5.41, 5.74) is -0.125. The molecule has 0 saturated carbocycles. The summed E-state index contributed by atoms with van der Waals surface area (Å²) in [5, 5.41) is 3.30. The van der Waals surface area contributed by atoms with Gasteiger partial charge in [-0.25, -0.2) is 4.39 Å². The maximum atomic E-state index is 14.1. The second-order valence-corrected chi connectivity index (χ2v) is 5.60. The van der Waals surface area contributed by atoms with E-state index in [9.17, 15) is 9.18 Å². The van der Waals surface area contributed by atoms with Gasteiger partial charge in [0, 0.05) is 25.8 Å². The van der Waals surface area contributed by atoms with Crippen molar-refractivity contribution in [2.45, 2.75) is 38.4 Å². The lowest BCUT2D eigenvalue weighted by Crippen LogP contribution is -2.43. The van der Waals surface area contributed by atoms with Crippen molar-refractivity contribution in [3.8, 4) is 0 Å². The van der Waals surface area contributed by atoms with Crippen LogP contribution in [0.4, 0.5) is 4.39 Å². The van der Waals surface area contributed by atoms with E-state index in [2.05, 4.69) is 5.32 Å². The third kappa shape index (κ3) is 3.09. The molecule has 0 radical (unpaired) electrons. The van der Waals surface area contributed by atoms with Crippen molar-refractivity contribution in [3.63, 3.8) is 0 Å². The number of carbonyl (C=O) groups excluding carboxylic acids is 1. The Morgan fingerprint density at radius 3 is 2.76 bits per heavy atom. The molecule has 1 fully saturated rings. The van der Waals surface area contributed by atoms with Crippen LogP contribution in [0, 0.1) is 5.82 Å². The van der Waals surface area contributed by atoms with E-state index in [0.29, 0.717) is 25.1 Å². The highest BCUT2D eigenvalue weighted by atomic mass is 19.1. The van der Waals surface area contributed by atoms with Crippen LogP contribution in [0.2, 0.25) is 0 Å². The second-order valence-electron chi connectivity index (χ2n) is 5.60. The van der Waals surface area contributed by atoms with E-state index >= 15 is 0 Å². The zero-order chi connectivity index (χ0) is 15.5. The Morgan fingerprint density at radius 2 is 2.14 bits per heavy atom. The fourth-order valence-electron chi connectivity index (χ4n) is 2.68. The highest BCUT2D eigenvalue weighted by Crippen LogP contribution is 2.33. The van der Waals surface area contributed by atoms with Gasteiger partial charge in [0.1, 0.15) is 12.0 Å². The highest BCUT2D eigenvalue weighted by Gasteiger charge is 2.47. The summed E-state index contributed by atoms with van der Waals surface area (Å²) < 4.78 is 19.1. The molecule has 0 bridgehead atoms. The molecule has 1 aliphatic heterocycles. The molecule has 2 unspecified atom stereocenters. The van der Waals surface area contributed by atoms with Crippen LogP contribution < -0.4 is 5.32 Å². The standard InChI is InChI=1S/C16H23FN2O2/c1-4-16(2)15(20)19(10-7-11-21-3)14(18-16)12-8-5-6-9-13(12)17/h5-6,8-9,14,18H,4,7,10-11H2,1-3H3. The molecule has 21 heavy (non-hydrogen) atoms. The predicted molar refractivity (Wildman–Crippen MR) is 79.2 cm³/mol. The van der Waals surface area contributed by atoms with E-state index < -0.39 is 11.7 Å². The number of methoxy groups -OCH3 is 1. The Morgan fingerprint density at radius 1 is 1.43 bits per heavy atom. The van der Waals surface area contributed by atoms with Gasteiger partial charge < -0.3 is 9.64 Å². The first-order chi connectivity index (χ1) is 10.0.